The lowest BCUT2D eigenvalue weighted by Gasteiger charge is -2.34. The van der Waals surface area contributed by atoms with E-state index in [9.17, 15) is 0 Å². The molecule has 98 valence electrons. The Hall–Kier alpha value is -1.51. The highest BCUT2D eigenvalue weighted by Crippen LogP contribution is 2.24. The lowest BCUT2D eigenvalue weighted by Crippen LogP contribution is -2.43. The summed E-state index contributed by atoms with van der Waals surface area (Å²) >= 11 is 0. The molecule has 1 aromatic carbocycles. The molecule has 1 aromatic rings. The molecule has 0 bridgehead atoms. The molecular formula is C15H23N3. The molecule has 1 aliphatic heterocycles. The predicted molar refractivity (Wildman–Crippen MR) is 76.9 cm³/mol. The van der Waals surface area contributed by atoms with E-state index in [1.807, 2.05) is 30.3 Å². The zero-order valence-electron chi connectivity index (χ0n) is 11.3. The highest BCUT2D eigenvalue weighted by atomic mass is 15.3. The summed E-state index contributed by atoms with van der Waals surface area (Å²) in [5, 5.41) is 0. The molecule has 0 amide bonds. The summed E-state index contributed by atoms with van der Waals surface area (Å²) in [5.74, 6) is 2.27. The summed E-state index contributed by atoms with van der Waals surface area (Å²) < 4.78 is 0. The van der Waals surface area contributed by atoms with Crippen LogP contribution in [-0.4, -0.2) is 23.9 Å². The second-order valence-corrected chi connectivity index (χ2v) is 5.37. The van der Waals surface area contributed by atoms with Crippen molar-refractivity contribution in [1.82, 2.24) is 4.90 Å². The molecule has 2 N–H and O–H groups in total. The van der Waals surface area contributed by atoms with E-state index in [1.54, 1.807) is 0 Å². The van der Waals surface area contributed by atoms with Crippen LogP contribution in [-0.2, 0) is 0 Å². The van der Waals surface area contributed by atoms with Gasteiger partial charge in [0.25, 0.3) is 0 Å². The Morgan fingerprint density at radius 1 is 1.22 bits per heavy atom. The first-order valence-corrected chi connectivity index (χ1v) is 6.81. The van der Waals surface area contributed by atoms with Crippen molar-refractivity contribution < 1.29 is 0 Å². The molecule has 18 heavy (non-hydrogen) atoms. The molecule has 3 heteroatoms. The number of nitrogens with two attached hydrogens (primary N) is 1. The largest absolute Gasteiger partial charge is 0.369 e. The Morgan fingerprint density at radius 3 is 2.39 bits per heavy atom. The average molecular weight is 245 g/mol. The summed E-state index contributed by atoms with van der Waals surface area (Å²) in [4.78, 5) is 6.67. The molecule has 0 aliphatic carbocycles. The molecule has 0 atom stereocenters. The number of nitrogens with zero attached hydrogens (tertiary/aromatic N) is 2. The maximum absolute atomic E-state index is 6.08. The second-order valence-electron chi connectivity index (χ2n) is 5.37. The topological polar surface area (TPSA) is 41.6 Å². The molecule has 1 saturated heterocycles. The van der Waals surface area contributed by atoms with E-state index < -0.39 is 0 Å². The van der Waals surface area contributed by atoms with Gasteiger partial charge < -0.3 is 10.6 Å². The molecule has 0 aromatic heterocycles. The zero-order chi connectivity index (χ0) is 13.0. The van der Waals surface area contributed by atoms with E-state index in [2.05, 4.69) is 23.7 Å². The van der Waals surface area contributed by atoms with Crippen molar-refractivity contribution in [3.63, 3.8) is 0 Å². The van der Waals surface area contributed by atoms with Crippen molar-refractivity contribution in [1.29, 1.82) is 0 Å². The van der Waals surface area contributed by atoms with Crippen LogP contribution in [0.15, 0.2) is 35.3 Å². The number of para-hydroxylation sites is 1. The summed E-state index contributed by atoms with van der Waals surface area (Å²) in [5.41, 5.74) is 7.01. The maximum atomic E-state index is 6.08. The van der Waals surface area contributed by atoms with E-state index in [0.717, 1.165) is 30.6 Å². The second kappa shape index (κ2) is 5.89. The van der Waals surface area contributed by atoms with Gasteiger partial charge >= 0.3 is 0 Å². The SMILES string of the molecule is CC(C)C1CCN(C(N)=Nc2ccccc2)CC1. The molecule has 3 nitrogen and oxygen atoms in total. The van der Waals surface area contributed by atoms with E-state index >= 15 is 0 Å². The molecule has 0 saturated carbocycles. The van der Waals surface area contributed by atoms with Gasteiger partial charge in [0.15, 0.2) is 5.96 Å². The van der Waals surface area contributed by atoms with Gasteiger partial charge in [0, 0.05) is 13.1 Å². The van der Waals surface area contributed by atoms with Gasteiger partial charge in [0.05, 0.1) is 5.69 Å². The fourth-order valence-electron chi connectivity index (χ4n) is 2.50. The van der Waals surface area contributed by atoms with E-state index in [-0.39, 0.29) is 0 Å². The number of hydrogen-bond acceptors (Lipinski definition) is 1. The fourth-order valence-corrected chi connectivity index (χ4v) is 2.50. The minimum Gasteiger partial charge on any atom is -0.369 e. The fraction of sp³-hybridized carbons (Fsp3) is 0.533. The van der Waals surface area contributed by atoms with Crippen LogP contribution in [0.1, 0.15) is 26.7 Å². The summed E-state index contributed by atoms with van der Waals surface area (Å²) in [6.07, 6.45) is 2.45. The highest BCUT2D eigenvalue weighted by molar-refractivity contribution is 5.81. The lowest BCUT2D eigenvalue weighted by atomic mass is 9.87. The Kier molecular flexibility index (Phi) is 4.24. The first kappa shape index (κ1) is 12.9. The molecule has 0 unspecified atom stereocenters. The molecule has 1 aliphatic rings. The highest BCUT2D eigenvalue weighted by Gasteiger charge is 2.22. The minimum absolute atomic E-state index is 0.656. The van der Waals surface area contributed by atoms with Gasteiger partial charge in [-0.2, -0.15) is 0 Å². The third kappa shape index (κ3) is 3.25. The number of rotatable bonds is 2. The predicted octanol–water partition coefficient (Wildman–Crippen LogP) is 3.00. The lowest BCUT2D eigenvalue weighted by molar-refractivity contribution is 0.218. The molecule has 0 spiro atoms. The number of guanidine groups is 1. The number of likely N-dealkylation sites (tertiary alicyclic amines) is 1. The normalized spacial score (nSPS) is 18.4. The van der Waals surface area contributed by atoms with Crippen molar-refractivity contribution >= 4 is 11.6 Å². The van der Waals surface area contributed by atoms with Crippen LogP contribution in [0.5, 0.6) is 0 Å². The van der Waals surface area contributed by atoms with Gasteiger partial charge in [0.1, 0.15) is 0 Å². The van der Waals surface area contributed by atoms with Crippen molar-refractivity contribution in [2.75, 3.05) is 13.1 Å². The molecule has 1 fully saturated rings. The molecule has 2 rings (SSSR count). The quantitative estimate of drug-likeness (QED) is 0.643. The van der Waals surface area contributed by atoms with E-state index in [4.69, 9.17) is 5.73 Å². The van der Waals surface area contributed by atoms with Crippen LogP contribution < -0.4 is 5.73 Å². The Balaban J connectivity index is 1.95. The van der Waals surface area contributed by atoms with Crippen molar-refractivity contribution in [2.45, 2.75) is 26.7 Å². The number of aliphatic imine (C=N–C) groups is 1. The number of piperidine rings is 1. The monoisotopic (exact) mass is 245 g/mol. The number of benzene rings is 1. The zero-order valence-corrected chi connectivity index (χ0v) is 11.3. The first-order valence-electron chi connectivity index (χ1n) is 6.81. The molecule has 0 radical (unpaired) electrons. The van der Waals surface area contributed by atoms with Gasteiger partial charge in [-0.1, -0.05) is 32.0 Å². The van der Waals surface area contributed by atoms with Crippen LogP contribution in [0.25, 0.3) is 0 Å². The van der Waals surface area contributed by atoms with E-state index in [0.29, 0.717) is 5.96 Å². The van der Waals surface area contributed by atoms with Crippen LogP contribution in [0, 0.1) is 11.8 Å². The van der Waals surface area contributed by atoms with Crippen molar-refractivity contribution in [3.8, 4) is 0 Å². The Morgan fingerprint density at radius 2 is 1.83 bits per heavy atom. The summed E-state index contributed by atoms with van der Waals surface area (Å²) in [6, 6.07) is 9.92. The van der Waals surface area contributed by atoms with Gasteiger partial charge in [-0.05, 0) is 36.8 Å². The molecular weight excluding hydrogens is 222 g/mol. The number of hydrogen-bond donors (Lipinski definition) is 1. The van der Waals surface area contributed by atoms with E-state index in [1.165, 1.54) is 12.8 Å². The third-order valence-corrected chi connectivity index (χ3v) is 3.81. The van der Waals surface area contributed by atoms with Gasteiger partial charge in [0.2, 0.25) is 0 Å². The maximum Gasteiger partial charge on any atom is 0.196 e. The summed E-state index contributed by atoms with van der Waals surface area (Å²) in [6.45, 7) is 6.68. The Bertz CT molecular complexity index is 389. The minimum atomic E-state index is 0.656. The molecule has 1 heterocycles. The average Bonchev–Trinajstić information content (AvgIpc) is 2.40. The first-order chi connectivity index (χ1) is 8.66. The van der Waals surface area contributed by atoms with Gasteiger partial charge in [-0.3, -0.25) is 0 Å². The smallest absolute Gasteiger partial charge is 0.196 e. The van der Waals surface area contributed by atoms with Gasteiger partial charge in [-0.15, -0.1) is 0 Å². The van der Waals surface area contributed by atoms with Crippen LogP contribution in [0.3, 0.4) is 0 Å². The van der Waals surface area contributed by atoms with Crippen molar-refractivity contribution in [2.24, 2.45) is 22.6 Å². The van der Waals surface area contributed by atoms with Crippen LogP contribution in [0.2, 0.25) is 0 Å². The van der Waals surface area contributed by atoms with Crippen molar-refractivity contribution in [3.05, 3.63) is 30.3 Å². The van der Waals surface area contributed by atoms with Crippen LogP contribution >= 0.6 is 0 Å². The van der Waals surface area contributed by atoms with Gasteiger partial charge in [-0.25, -0.2) is 4.99 Å². The summed E-state index contributed by atoms with van der Waals surface area (Å²) in [7, 11) is 0. The Labute approximate surface area is 110 Å². The standard InChI is InChI=1S/C15H23N3/c1-12(2)13-8-10-18(11-9-13)15(16)17-14-6-4-3-5-7-14/h3-7,12-13H,8-11H2,1-2H3,(H2,16,17). The third-order valence-electron chi connectivity index (χ3n) is 3.81. The van der Waals surface area contributed by atoms with Crippen LogP contribution in [0.4, 0.5) is 5.69 Å².